The van der Waals surface area contributed by atoms with Gasteiger partial charge in [0.1, 0.15) is 18.4 Å². The van der Waals surface area contributed by atoms with Crippen LogP contribution < -0.4 is 14.1 Å². The van der Waals surface area contributed by atoms with Gasteiger partial charge in [-0.25, -0.2) is 4.57 Å². The molecule has 3 aromatic carbocycles. The summed E-state index contributed by atoms with van der Waals surface area (Å²) in [6.07, 6.45) is 0. The molecule has 32 heavy (non-hydrogen) atoms. The van der Waals surface area contributed by atoms with Crippen molar-refractivity contribution in [1.82, 2.24) is 5.09 Å². The fourth-order valence-electron chi connectivity index (χ4n) is 2.57. The molecule has 0 spiro atoms. The van der Waals surface area contributed by atoms with E-state index >= 15 is 0 Å². The maximum atomic E-state index is 13.6. The molecule has 168 valence electrons. The van der Waals surface area contributed by atoms with Gasteiger partial charge in [0.25, 0.3) is 0 Å². The number of rotatable bonds is 9. The van der Waals surface area contributed by atoms with Gasteiger partial charge in [0, 0.05) is 5.02 Å². The Kier molecular flexibility index (Phi) is 8.46. The monoisotopic (exact) mass is 513 g/mol. The summed E-state index contributed by atoms with van der Waals surface area (Å²) in [7, 11) is -4.20. The van der Waals surface area contributed by atoms with Crippen LogP contribution in [0.15, 0.2) is 72.8 Å². The third-order valence-corrected chi connectivity index (χ3v) is 6.43. The number of carbonyl (C=O) groups excluding carboxylic acids is 1. The lowest BCUT2D eigenvalue weighted by molar-refractivity contribution is -0.146. The largest absolute Gasteiger partial charge is 0.513 e. The quantitative estimate of drug-likeness (QED) is 0.246. The fourth-order valence-corrected chi connectivity index (χ4v) is 5.13. The molecule has 0 amide bonds. The Labute approximate surface area is 200 Å². The first-order valence-corrected chi connectivity index (χ1v) is 12.1. The van der Waals surface area contributed by atoms with Crippen LogP contribution in [-0.2, 0) is 20.7 Å². The van der Waals surface area contributed by atoms with Crippen LogP contribution in [0.3, 0.4) is 0 Å². The van der Waals surface area contributed by atoms with Crippen LogP contribution in [0.2, 0.25) is 15.1 Å². The Morgan fingerprint density at radius 2 is 1.50 bits per heavy atom. The van der Waals surface area contributed by atoms with Crippen LogP contribution in [0.4, 0.5) is 0 Å². The minimum atomic E-state index is -4.20. The molecule has 0 saturated carbocycles. The Hall–Kier alpha value is -2.21. The molecule has 1 N–H and O–H groups in total. The zero-order chi connectivity index (χ0) is 23.1. The molecule has 0 aliphatic heterocycles. The lowest BCUT2D eigenvalue weighted by atomic mass is 10.2. The summed E-state index contributed by atoms with van der Waals surface area (Å²) in [5.74, 6) is -0.508. The van der Waals surface area contributed by atoms with E-state index in [4.69, 9.17) is 48.6 Å². The molecule has 0 radical (unpaired) electrons. The third-order valence-electron chi connectivity index (χ3n) is 4.07. The van der Waals surface area contributed by atoms with Crippen LogP contribution in [-0.4, -0.2) is 12.0 Å². The van der Waals surface area contributed by atoms with Gasteiger partial charge in [0.2, 0.25) is 0 Å². The fraction of sp³-hybridized carbons (Fsp3) is 0.136. The molecule has 0 aliphatic carbocycles. The second kappa shape index (κ2) is 11.1. The van der Waals surface area contributed by atoms with E-state index in [-0.39, 0.29) is 33.2 Å². The van der Waals surface area contributed by atoms with Crippen molar-refractivity contribution in [1.29, 1.82) is 0 Å². The second-order valence-corrected chi connectivity index (χ2v) is 9.50. The number of benzene rings is 3. The Morgan fingerprint density at radius 1 is 0.938 bits per heavy atom. The van der Waals surface area contributed by atoms with Crippen LogP contribution in [0, 0.1) is 0 Å². The summed E-state index contributed by atoms with van der Waals surface area (Å²) in [5, 5.41) is 2.91. The minimum absolute atomic E-state index is 0.0282. The molecule has 10 heteroatoms. The first-order chi connectivity index (χ1) is 15.3. The summed E-state index contributed by atoms with van der Waals surface area (Å²) >= 11 is 18.3. The normalized spacial score (nSPS) is 13.6. The first kappa shape index (κ1) is 24.4. The highest BCUT2D eigenvalue weighted by molar-refractivity contribution is 7.52. The van der Waals surface area contributed by atoms with Gasteiger partial charge in [-0.15, -0.1) is 0 Å². The van der Waals surface area contributed by atoms with Crippen LogP contribution in [0.1, 0.15) is 12.5 Å². The molecule has 3 rings (SSSR count). The number of hydrogen-bond donors (Lipinski definition) is 1. The van der Waals surface area contributed by atoms with Crippen molar-refractivity contribution in [2.75, 3.05) is 0 Å². The Balaban J connectivity index is 1.79. The molecule has 6 nitrogen and oxygen atoms in total. The van der Waals surface area contributed by atoms with Crippen molar-refractivity contribution in [3.63, 3.8) is 0 Å². The van der Waals surface area contributed by atoms with Crippen molar-refractivity contribution in [2.24, 2.45) is 0 Å². The van der Waals surface area contributed by atoms with E-state index in [1.807, 2.05) is 30.3 Å². The molecule has 0 aliphatic rings. The number of esters is 1. The van der Waals surface area contributed by atoms with Gasteiger partial charge in [0.15, 0.2) is 5.75 Å². The molecule has 3 aromatic rings. The summed E-state index contributed by atoms with van der Waals surface area (Å²) < 4.78 is 30.1. The van der Waals surface area contributed by atoms with E-state index in [0.29, 0.717) is 0 Å². The van der Waals surface area contributed by atoms with Crippen molar-refractivity contribution in [2.45, 2.75) is 19.6 Å². The molecule has 1 unspecified atom stereocenters. The zero-order valence-electron chi connectivity index (χ0n) is 16.8. The SMILES string of the molecule is C[C@H](NP(=O)(Oc1ccccc1)Oc1c(Cl)cc(Cl)cc1Cl)C(=O)OCc1ccccc1. The molecule has 0 saturated heterocycles. The van der Waals surface area contributed by atoms with Gasteiger partial charge in [-0.2, -0.15) is 5.09 Å². The maximum absolute atomic E-state index is 13.6. The predicted octanol–water partition coefficient (Wildman–Crippen LogP) is 6.93. The number of para-hydroxylation sites is 1. The highest BCUT2D eigenvalue weighted by Crippen LogP contribution is 2.49. The standard InChI is InChI=1S/C22H19Cl3NO5P/c1-15(22(27)29-14-16-8-4-2-5-9-16)26-32(28,30-18-10-6-3-7-11-18)31-21-19(24)12-17(23)13-20(21)25/h2-13,15H,14H2,1H3,(H,26,28)/t15-,32?/m0/s1. The minimum Gasteiger partial charge on any atom is -0.460 e. The summed E-state index contributed by atoms with van der Waals surface area (Å²) in [6, 6.07) is 19.2. The number of carbonyl (C=O) groups is 1. The van der Waals surface area contributed by atoms with E-state index in [9.17, 15) is 9.36 Å². The van der Waals surface area contributed by atoms with Gasteiger partial charge in [-0.05, 0) is 36.8 Å². The molecule has 2 atom stereocenters. The smallest absolute Gasteiger partial charge is 0.460 e. The molecule has 0 bridgehead atoms. The Bertz CT molecular complexity index is 1090. The van der Waals surface area contributed by atoms with Gasteiger partial charge in [0.05, 0.1) is 10.0 Å². The van der Waals surface area contributed by atoms with Gasteiger partial charge in [-0.1, -0.05) is 83.3 Å². The van der Waals surface area contributed by atoms with Gasteiger partial charge >= 0.3 is 13.7 Å². The van der Waals surface area contributed by atoms with E-state index in [1.165, 1.54) is 19.1 Å². The number of hydrogen-bond acceptors (Lipinski definition) is 5. The lowest BCUT2D eigenvalue weighted by Crippen LogP contribution is -2.35. The third kappa shape index (κ3) is 6.89. The summed E-state index contributed by atoms with van der Waals surface area (Å²) in [6.45, 7) is 1.54. The zero-order valence-corrected chi connectivity index (χ0v) is 20.0. The average molecular weight is 515 g/mol. The number of nitrogens with one attached hydrogen (secondary N) is 1. The topological polar surface area (TPSA) is 73.9 Å². The second-order valence-electron chi connectivity index (χ2n) is 6.64. The van der Waals surface area contributed by atoms with E-state index in [0.717, 1.165) is 5.56 Å². The van der Waals surface area contributed by atoms with E-state index in [1.54, 1.807) is 30.3 Å². The number of ether oxygens (including phenoxy) is 1. The van der Waals surface area contributed by atoms with E-state index < -0.39 is 19.8 Å². The van der Waals surface area contributed by atoms with Gasteiger partial charge in [-0.3, -0.25) is 4.79 Å². The first-order valence-electron chi connectivity index (χ1n) is 9.43. The Morgan fingerprint density at radius 3 is 2.09 bits per heavy atom. The van der Waals surface area contributed by atoms with Crippen molar-refractivity contribution >= 4 is 48.5 Å². The molecular formula is C22H19Cl3NO5P. The molecule has 0 heterocycles. The van der Waals surface area contributed by atoms with Crippen molar-refractivity contribution in [3.8, 4) is 11.5 Å². The van der Waals surface area contributed by atoms with Crippen LogP contribution in [0.5, 0.6) is 11.5 Å². The van der Waals surface area contributed by atoms with Crippen molar-refractivity contribution < 1.29 is 23.1 Å². The predicted molar refractivity (Wildman–Crippen MR) is 126 cm³/mol. The number of halogens is 3. The average Bonchev–Trinajstić information content (AvgIpc) is 2.76. The van der Waals surface area contributed by atoms with Crippen LogP contribution in [0.25, 0.3) is 0 Å². The van der Waals surface area contributed by atoms with Crippen LogP contribution >= 0.6 is 42.5 Å². The van der Waals surface area contributed by atoms with E-state index in [2.05, 4.69) is 5.09 Å². The lowest BCUT2D eigenvalue weighted by Gasteiger charge is -2.24. The highest BCUT2D eigenvalue weighted by Gasteiger charge is 2.35. The van der Waals surface area contributed by atoms with Gasteiger partial charge < -0.3 is 13.8 Å². The molecule has 0 fully saturated rings. The molecule has 0 aromatic heterocycles. The molecular weight excluding hydrogens is 496 g/mol. The highest BCUT2D eigenvalue weighted by atomic mass is 35.5. The summed E-state index contributed by atoms with van der Waals surface area (Å²) in [4.78, 5) is 12.5. The van der Waals surface area contributed by atoms with Crippen molar-refractivity contribution in [3.05, 3.63) is 93.4 Å². The maximum Gasteiger partial charge on any atom is 0.513 e. The summed E-state index contributed by atoms with van der Waals surface area (Å²) in [5.41, 5.74) is 0.813.